The molecule has 0 saturated heterocycles. The van der Waals surface area contributed by atoms with Crippen LogP contribution in [0.1, 0.15) is 26.3 Å². The van der Waals surface area contributed by atoms with Gasteiger partial charge in [-0.1, -0.05) is 26.8 Å². The molecule has 114 valence electrons. The van der Waals surface area contributed by atoms with Gasteiger partial charge in [0.25, 0.3) is 0 Å². The van der Waals surface area contributed by atoms with Gasteiger partial charge in [0, 0.05) is 25.0 Å². The molecule has 0 N–H and O–H groups in total. The lowest BCUT2D eigenvalue weighted by molar-refractivity contribution is 0.276. The van der Waals surface area contributed by atoms with E-state index in [1.165, 1.54) is 0 Å². The summed E-state index contributed by atoms with van der Waals surface area (Å²) < 4.78 is 8.17. The molecule has 5 heteroatoms. The smallest absolute Gasteiger partial charge is 0.192 e. The summed E-state index contributed by atoms with van der Waals surface area (Å²) in [6, 6.07) is 6.03. The van der Waals surface area contributed by atoms with Crippen molar-refractivity contribution in [1.29, 1.82) is 0 Å². The minimum Gasteiger partial charge on any atom is -0.412 e. The molecular weight excluding hydrogens is 278 g/mol. The molecule has 2 aromatic rings. The van der Waals surface area contributed by atoms with E-state index in [0.29, 0.717) is 6.61 Å². The van der Waals surface area contributed by atoms with E-state index < -0.39 is 8.32 Å². The number of aromatic nitrogens is 3. The minimum atomic E-state index is -1.76. The zero-order valence-electron chi connectivity index (χ0n) is 13.8. The lowest BCUT2D eigenvalue weighted by atomic mass is 10.1. The number of hydrogen-bond donors (Lipinski definition) is 0. The summed E-state index contributed by atoms with van der Waals surface area (Å²) >= 11 is 0. The molecular formula is C16H25N3OSi. The number of aryl methyl sites for hydroxylation is 1. The Kier molecular flexibility index (Phi) is 4.34. The van der Waals surface area contributed by atoms with Crippen molar-refractivity contribution in [1.82, 2.24) is 14.8 Å². The maximum Gasteiger partial charge on any atom is 0.192 e. The SMILES string of the molecule is Cn1nccc1-c1ncccc1CO[Si](C)(C)C(C)(C)C. The summed E-state index contributed by atoms with van der Waals surface area (Å²) in [6.45, 7) is 11.9. The van der Waals surface area contributed by atoms with Crippen LogP contribution in [0.3, 0.4) is 0 Å². The third-order valence-corrected chi connectivity index (χ3v) is 8.83. The molecule has 2 rings (SSSR count). The second kappa shape index (κ2) is 5.73. The molecule has 0 atom stereocenters. The van der Waals surface area contributed by atoms with Crippen LogP contribution in [0.4, 0.5) is 0 Å². The molecule has 0 saturated carbocycles. The molecule has 0 aliphatic rings. The molecule has 0 aromatic carbocycles. The molecule has 4 nitrogen and oxygen atoms in total. The van der Waals surface area contributed by atoms with Crippen LogP contribution in [-0.4, -0.2) is 23.1 Å². The van der Waals surface area contributed by atoms with Crippen molar-refractivity contribution in [2.24, 2.45) is 7.05 Å². The Hall–Kier alpha value is -1.46. The summed E-state index contributed by atoms with van der Waals surface area (Å²) in [5.41, 5.74) is 3.09. The van der Waals surface area contributed by atoms with Crippen molar-refractivity contribution < 1.29 is 4.43 Å². The average molecular weight is 303 g/mol. The van der Waals surface area contributed by atoms with Gasteiger partial charge in [0.2, 0.25) is 0 Å². The number of pyridine rings is 1. The Morgan fingerprint density at radius 2 is 1.90 bits per heavy atom. The first-order valence-electron chi connectivity index (χ1n) is 7.28. The first-order valence-corrected chi connectivity index (χ1v) is 10.2. The molecule has 0 radical (unpaired) electrons. The highest BCUT2D eigenvalue weighted by Crippen LogP contribution is 2.37. The molecule has 2 heterocycles. The first kappa shape index (κ1) is 15.9. The van der Waals surface area contributed by atoms with Crippen molar-refractivity contribution in [2.45, 2.75) is 45.5 Å². The van der Waals surface area contributed by atoms with E-state index in [4.69, 9.17) is 4.43 Å². The quantitative estimate of drug-likeness (QED) is 0.801. The molecule has 0 aliphatic carbocycles. The fraction of sp³-hybridized carbons (Fsp3) is 0.500. The van der Waals surface area contributed by atoms with Crippen molar-refractivity contribution in [3.8, 4) is 11.4 Å². The van der Waals surface area contributed by atoms with E-state index in [-0.39, 0.29) is 5.04 Å². The predicted molar refractivity (Wildman–Crippen MR) is 88.4 cm³/mol. The lowest BCUT2D eigenvalue weighted by Gasteiger charge is -2.36. The van der Waals surface area contributed by atoms with Gasteiger partial charge in [-0.2, -0.15) is 5.10 Å². The monoisotopic (exact) mass is 303 g/mol. The summed E-state index contributed by atoms with van der Waals surface area (Å²) in [5.74, 6) is 0. The maximum absolute atomic E-state index is 6.33. The fourth-order valence-corrected chi connectivity index (χ4v) is 2.82. The van der Waals surface area contributed by atoms with Crippen molar-refractivity contribution >= 4 is 8.32 Å². The van der Waals surface area contributed by atoms with E-state index in [0.717, 1.165) is 17.0 Å². The average Bonchev–Trinajstić information content (AvgIpc) is 2.81. The summed E-state index contributed by atoms with van der Waals surface area (Å²) in [5, 5.41) is 4.44. The van der Waals surface area contributed by atoms with Crippen LogP contribution >= 0.6 is 0 Å². The maximum atomic E-state index is 6.33. The first-order chi connectivity index (χ1) is 9.72. The third kappa shape index (κ3) is 3.41. The molecule has 0 spiro atoms. The van der Waals surface area contributed by atoms with Crippen LogP contribution in [0, 0.1) is 0 Å². The van der Waals surface area contributed by atoms with Crippen molar-refractivity contribution in [3.05, 3.63) is 36.2 Å². The normalized spacial score (nSPS) is 12.7. The van der Waals surface area contributed by atoms with Crippen molar-refractivity contribution in [3.63, 3.8) is 0 Å². The minimum absolute atomic E-state index is 0.210. The summed E-state index contributed by atoms with van der Waals surface area (Å²) in [4.78, 5) is 4.52. The second-order valence-corrected chi connectivity index (χ2v) is 11.7. The Balaban J connectivity index is 2.25. The van der Waals surface area contributed by atoms with Crippen LogP contribution in [0.25, 0.3) is 11.4 Å². The Bertz CT molecular complexity index is 614. The van der Waals surface area contributed by atoms with E-state index in [9.17, 15) is 0 Å². The van der Waals surface area contributed by atoms with Crippen LogP contribution in [0.15, 0.2) is 30.6 Å². The van der Waals surface area contributed by atoms with E-state index in [2.05, 4.69) is 50.0 Å². The van der Waals surface area contributed by atoms with Crippen molar-refractivity contribution in [2.75, 3.05) is 0 Å². The highest BCUT2D eigenvalue weighted by atomic mass is 28.4. The van der Waals surface area contributed by atoms with Gasteiger partial charge in [0.05, 0.1) is 18.0 Å². The third-order valence-electron chi connectivity index (χ3n) is 4.35. The van der Waals surface area contributed by atoms with Crippen LogP contribution in [0.2, 0.25) is 18.1 Å². The van der Waals surface area contributed by atoms with E-state index >= 15 is 0 Å². The summed E-state index contributed by atoms with van der Waals surface area (Å²) in [6.07, 6.45) is 3.61. The van der Waals surface area contributed by atoms with E-state index in [1.807, 2.05) is 30.1 Å². The Morgan fingerprint density at radius 3 is 2.48 bits per heavy atom. The molecule has 21 heavy (non-hydrogen) atoms. The van der Waals surface area contributed by atoms with Gasteiger partial charge in [0.1, 0.15) is 0 Å². The zero-order valence-corrected chi connectivity index (χ0v) is 14.8. The highest BCUT2D eigenvalue weighted by molar-refractivity contribution is 6.74. The molecule has 2 aromatic heterocycles. The number of nitrogens with zero attached hydrogens (tertiary/aromatic N) is 3. The largest absolute Gasteiger partial charge is 0.412 e. The van der Waals surface area contributed by atoms with Gasteiger partial charge in [-0.3, -0.25) is 9.67 Å². The van der Waals surface area contributed by atoms with Crippen LogP contribution in [0.5, 0.6) is 0 Å². The van der Waals surface area contributed by atoms with Gasteiger partial charge >= 0.3 is 0 Å². The second-order valence-electron chi connectivity index (χ2n) is 6.90. The van der Waals surface area contributed by atoms with Crippen LogP contribution < -0.4 is 0 Å². The number of rotatable bonds is 4. The standard InChI is InChI=1S/C16H25N3OSi/c1-16(2,3)21(5,6)20-12-13-8-7-10-17-15(13)14-9-11-18-19(14)4/h7-11H,12H2,1-6H3. The zero-order chi connectivity index (χ0) is 15.7. The van der Waals surface area contributed by atoms with Gasteiger partial charge in [-0.05, 0) is 30.3 Å². The molecule has 0 amide bonds. The topological polar surface area (TPSA) is 39.9 Å². The van der Waals surface area contributed by atoms with Gasteiger partial charge < -0.3 is 4.43 Å². The predicted octanol–water partition coefficient (Wildman–Crippen LogP) is 4.00. The molecule has 0 fully saturated rings. The summed E-state index contributed by atoms with van der Waals surface area (Å²) in [7, 11) is 0.174. The molecule has 0 unspecified atom stereocenters. The Morgan fingerprint density at radius 1 is 1.19 bits per heavy atom. The number of hydrogen-bond acceptors (Lipinski definition) is 3. The van der Waals surface area contributed by atoms with Gasteiger partial charge in [-0.15, -0.1) is 0 Å². The van der Waals surface area contributed by atoms with E-state index in [1.54, 1.807) is 6.20 Å². The lowest BCUT2D eigenvalue weighted by Crippen LogP contribution is -2.40. The Labute approximate surface area is 128 Å². The molecule has 0 bridgehead atoms. The van der Waals surface area contributed by atoms with Gasteiger partial charge in [0.15, 0.2) is 8.32 Å². The van der Waals surface area contributed by atoms with Crippen LogP contribution in [-0.2, 0) is 18.1 Å². The van der Waals surface area contributed by atoms with Gasteiger partial charge in [-0.25, -0.2) is 0 Å². The fourth-order valence-electron chi connectivity index (χ4n) is 1.87. The molecule has 0 aliphatic heterocycles. The highest BCUT2D eigenvalue weighted by Gasteiger charge is 2.37.